The van der Waals surface area contributed by atoms with Gasteiger partial charge in [0.05, 0.1) is 6.54 Å². The number of nitrogens with zero attached hydrogens (tertiary/aromatic N) is 1. The van der Waals surface area contributed by atoms with Crippen LogP contribution in [0.4, 0.5) is 5.69 Å². The standard InChI is InChI=1S/C29H30N2O2/c1-19-10-11-20(2)26(16-19)31(28(33)21-12-14-24(15-13-21)29(3,4)5)18-23-17-22-8-6-7-9-25(22)30-27(23)32/h6-17H,18H2,1-5H3,(H,30,32). The van der Waals surface area contributed by atoms with Crippen LogP contribution in [0.3, 0.4) is 0 Å². The van der Waals surface area contributed by atoms with Crippen LogP contribution in [0.15, 0.2) is 77.6 Å². The van der Waals surface area contributed by atoms with E-state index in [0.717, 1.165) is 27.7 Å². The van der Waals surface area contributed by atoms with Crippen molar-refractivity contribution in [1.82, 2.24) is 4.98 Å². The number of aryl methyl sites for hydroxylation is 2. The molecule has 1 aromatic heterocycles. The smallest absolute Gasteiger partial charge is 0.258 e. The minimum absolute atomic E-state index is 0.00673. The van der Waals surface area contributed by atoms with Crippen molar-refractivity contribution in [1.29, 1.82) is 0 Å². The number of amides is 1. The molecule has 1 heterocycles. The molecule has 4 aromatic rings. The Morgan fingerprint density at radius 1 is 0.909 bits per heavy atom. The molecule has 0 atom stereocenters. The second-order valence-electron chi connectivity index (χ2n) is 9.72. The SMILES string of the molecule is Cc1ccc(C)c(N(Cc2cc3ccccc3[nH]c2=O)C(=O)c2ccc(C(C)(C)C)cc2)c1. The summed E-state index contributed by atoms with van der Waals surface area (Å²) in [6.45, 7) is 10.6. The van der Waals surface area contributed by atoms with Crippen LogP contribution in [0, 0.1) is 13.8 Å². The number of anilines is 1. The van der Waals surface area contributed by atoms with E-state index in [-0.39, 0.29) is 23.4 Å². The van der Waals surface area contributed by atoms with Gasteiger partial charge >= 0.3 is 0 Å². The Bertz CT molecular complexity index is 1380. The summed E-state index contributed by atoms with van der Waals surface area (Å²) < 4.78 is 0. The van der Waals surface area contributed by atoms with E-state index in [1.807, 2.05) is 86.6 Å². The summed E-state index contributed by atoms with van der Waals surface area (Å²) in [6, 6.07) is 23.4. The third kappa shape index (κ3) is 4.75. The first-order valence-electron chi connectivity index (χ1n) is 11.2. The molecule has 168 valence electrons. The Morgan fingerprint density at radius 3 is 2.30 bits per heavy atom. The first-order valence-corrected chi connectivity index (χ1v) is 11.2. The number of pyridine rings is 1. The van der Waals surface area contributed by atoms with Crippen molar-refractivity contribution in [3.63, 3.8) is 0 Å². The molecular weight excluding hydrogens is 408 g/mol. The number of nitrogens with one attached hydrogen (secondary N) is 1. The number of carbonyl (C=O) groups excluding carboxylic acids is 1. The lowest BCUT2D eigenvalue weighted by Crippen LogP contribution is -2.33. The Kier molecular flexibility index (Phi) is 5.94. The Morgan fingerprint density at radius 2 is 1.61 bits per heavy atom. The van der Waals surface area contributed by atoms with Crippen LogP contribution in [0.5, 0.6) is 0 Å². The van der Waals surface area contributed by atoms with E-state index >= 15 is 0 Å². The lowest BCUT2D eigenvalue weighted by Gasteiger charge is -2.26. The lowest BCUT2D eigenvalue weighted by molar-refractivity contribution is 0.0985. The third-order valence-corrected chi connectivity index (χ3v) is 6.06. The molecule has 0 spiro atoms. The monoisotopic (exact) mass is 438 g/mol. The molecule has 1 amide bonds. The van der Waals surface area contributed by atoms with Gasteiger partial charge in [0.25, 0.3) is 11.5 Å². The van der Waals surface area contributed by atoms with Crippen molar-refractivity contribution in [3.05, 3.63) is 111 Å². The predicted octanol–water partition coefficient (Wildman–Crippen LogP) is 6.29. The summed E-state index contributed by atoms with van der Waals surface area (Å²) in [5.74, 6) is -0.128. The number of hydrogen-bond acceptors (Lipinski definition) is 2. The van der Waals surface area contributed by atoms with Gasteiger partial charge in [-0.2, -0.15) is 0 Å². The topological polar surface area (TPSA) is 53.2 Å². The highest BCUT2D eigenvalue weighted by molar-refractivity contribution is 6.06. The van der Waals surface area contributed by atoms with Crippen LogP contribution < -0.4 is 10.5 Å². The second-order valence-corrected chi connectivity index (χ2v) is 9.72. The van der Waals surface area contributed by atoms with Gasteiger partial charge in [0.15, 0.2) is 0 Å². The summed E-state index contributed by atoms with van der Waals surface area (Å²) in [7, 11) is 0. The molecule has 0 saturated carbocycles. The van der Waals surface area contributed by atoms with E-state index in [1.165, 1.54) is 5.56 Å². The Labute approximate surface area is 194 Å². The van der Waals surface area contributed by atoms with Gasteiger partial charge in [-0.05, 0) is 71.7 Å². The third-order valence-electron chi connectivity index (χ3n) is 6.06. The van der Waals surface area contributed by atoms with Crippen LogP contribution in [-0.2, 0) is 12.0 Å². The van der Waals surface area contributed by atoms with Gasteiger partial charge < -0.3 is 9.88 Å². The van der Waals surface area contributed by atoms with Crippen LogP contribution in [0.1, 0.15) is 53.4 Å². The number of H-pyrrole nitrogens is 1. The maximum atomic E-state index is 13.8. The molecule has 3 aromatic carbocycles. The highest BCUT2D eigenvalue weighted by atomic mass is 16.2. The minimum Gasteiger partial charge on any atom is -0.322 e. The zero-order valence-corrected chi connectivity index (χ0v) is 19.9. The van der Waals surface area contributed by atoms with E-state index < -0.39 is 0 Å². The number of hydrogen-bond donors (Lipinski definition) is 1. The molecule has 33 heavy (non-hydrogen) atoms. The fraction of sp³-hybridized carbons (Fsp3) is 0.241. The van der Waals surface area contributed by atoms with Crippen molar-refractivity contribution in [2.24, 2.45) is 0 Å². The van der Waals surface area contributed by atoms with Gasteiger partial charge in [-0.3, -0.25) is 9.59 Å². The van der Waals surface area contributed by atoms with Gasteiger partial charge in [-0.25, -0.2) is 0 Å². The maximum absolute atomic E-state index is 13.8. The van der Waals surface area contributed by atoms with E-state index in [1.54, 1.807) is 4.90 Å². The van der Waals surface area contributed by atoms with Gasteiger partial charge in [0.2, 0.25) is 0 Å². The average Bonchev–Trinajstić information content (AvgIpc) is 2.78. The van der Waals surface area contributed by atoms with Crippen molar-refractivity contribution in [2.45, 2.75) is 46.6 Å². The van der Waals surface area contributed by atoms with E-state index in [4.69, 9.17) is 0 Å². The highest BCUT2D eigenvalue weighted by Crippen LogP contribution is 2.27. The number of aromatic amines is 1. The average molecular weight is 439 g/mol. The van der Waals surface area contributed by atoms with Gasteiger partial charge in [0.1, 0.15) is 0 Å². The van der Waals surface area contributed by atoms with Crippen LogP contribution >= 0.6 is 0 Å². The number of carbonyl (C=O) groups is 1. The van der Waals surface area contributed by atoms with E-state index in [0.29, 0.717) is 11.1 Å². The fourth-order valence-electron chi connectivity index (χ4n) is 4.03. The number of rotatable bonds is 4. The van der Waals surface area contributed by atoms with Gasteiger partial charge in [-0.15, -0.1) is 0 Å². The molecule has 4 rings (SSSR count). The molecule has 4 heteroatoms. The summed E-state index contributed by atoms with van der Waals surface area (Å²) in [4.78, 5) is 31.3. The summed E-state index contributed by atoms with van der Waals surface area (Å²) in [5.41, 5.74) is 5.79. The molecule has 0 aliphatic heterocycles. The molecule has 4 nitrogen and oxygen atoms in total. The highest BCUT2D eigenvalue weighted by Gasteiger charge is 2.22. The first-order chi connectivity index (χ1) is 15.6. The quantitative estimate of drug-likeness (QED) is 0.407. The molecule has 0 unspecified atom stereocenters. The van der Waals surface area contributed by atoms with Crippen molar-refractivity contribution < 1.29 is 4.79 Å². The molecule has 0 bridgehead atoms. The van der Waals surface area contributed by atoms with E-state index in [9.17, 15) is 9.59 Å². The summed E-state index contributed by atoms with van der Waals surface area (Å²) >= 11 is 0. The first kappa shape index (κ1) is 22.5. The lowest BCUT2D eigenvalue weighted by atomic mass is 9.86. The summed E-state index contributed by atoms with van der Waals surface area (Å²) in [5, 5.41) is 0.940. The Balaban J connectivity index is 1.79. The van der Waals surface area contributed by atoms with Crippen LogP contribution in [0.2, 0.25) is 0 Å². The number of benzene rings is 3. The number of aromatic nitrogens is 1. The molecule has 0 saturated heterocycles. The Hall–Kier alpha value is -3.66. The minimum atomic E-state index is -0.181. The van der Waals surface area contributed by atoms with Gasteiger partial charge in [-0.1, -0.05) is 63.2 Å². The molecule has 1 N–H and O–H groups in total. The zero-order chi connectivity index (χ0) is 23.8. The van der Waals surface area contributed by atoms with Gasteiger partial charge in [0, 0.05) is 22.3 Å². The predicted molar refractivity (Wildman–Crippen MR) is 136 cm³/mol. The normalized spacial score (nSPS) is 11.5. The van der Waals surface area contributed by atoms with Crippen molar-refractivity contribution in [3.8, 4) is 0 Å². The van der Waals surface area contributed by atoms with Crippen LogP contribution in [0.25, 0.3) is 10.9 Å². The van der Waals surface area contributed by atoms with Crippen molar-refractivity contribution >= 4 is 22.5 Å². The number of para-hydroxylation sites is 1. The molecule has 0 fully saturated rings. The van der Waals surface area contributed by atoms with E-state index in [2.05, 4.69) is 25.8 Å². The van der Waals surface area contributed by atoms with Crippen molar-refractivity contribution in [2.75, 3.05) is 4.90 Å². The number of fused-ring (bicyclic) bond motifs is 1. The molecular formula is C29H30N2O2. The zero-order valence-electron chi connectivity index (χ0n) is 19.9. The molecule has 0 aliphatic rings. The van der Waals surface area contributed by atoms with Crippen LogP contribution in [-0.4, -0.2) is 10.9 Å². The largest absolute Gasteiger partial charge is 0.322 e. The molecule has 0 aliphatic carbocycles. The summed E-state index contributed by atoms with van der Waals surface area (Å²) in [6.07, 6.45) is 0. The maximum Gasteiger partial charge on any atom is 0.258 e. The second kappa shape index (κ2) is 8.70. The molecule has 0 radical (unpaired) electrons. The fourth-order valence-corrected chi connectivity index (χ4v) is 4.03.